The number of rotatable bonds is 11. The molecule has 1 fully saturated rings. The Morgan fingerprint density at radius 1 is 0.854 bits per heavy atom. The second kappa shape index (κ2) is 17.9. The summed E-state index contributed by atoms with van der Waals surface area (Å²) in [6.45, 7) is 7.69. The zero-order valence-electron chi connectivity index (χ0n) is 28.6. The third-order valence-electron chi connectivity index (χ3n) is 7.96. The molecule has 8 nitrogen and oxygen atoms in total. The van der Waals surface area contributed by atoms with Gasteiger partial charge in [-0.2, -0.15) is 0 Å². The molecule has 0 aromatic heterocycles. The number of benzene rings is 4. The van der Waals surface area contributed by atoms with Crippen molar-refractivity contribution in [3.05, 3.63) is 96.1 Å². The fraction of sp³-hybridized carbons (Fsp3) is 0.410. The van der Waals surface area contributed by atoms with Crippen molar-refractivity contribution in [3.63, 3.8) is 0 Å². The smallest absolute Gasteiger partial charge is 0.410 e. The number of aliphatic hydroxyl groups is 1. The van der Waals surface area contributed by atoms with Crippen molar-refractivity contribution in [3.8, 4) is 23.0 Å². The first-order valence-corrected chi connectivity index (χ1v) is 16.9. The zero-order valence-corrected chi connectivity index (χ0v) is 29.4. The Labute approximate surface area is 289 Å². The van der Waals surface area contributed by atoms with Crippen molar-refractivity contribution in [1.82, 2.24) is 4.90 Å². The fourth-order valence-corrected chi connectivity index (χ4v) is 5.80. The van der Waals surface area contributed by atoms with Crippen molar-refractivity contribution >= 4 is 28.5 Å². The first-order valence-electron chi connectivity index (χ1n) is 16.4. The number of halogens is 1. The molecule has 0 bridgehead atoms. The lowest BCUT2D eigenvalue weighted by Crippen LogP contribution is -2.47. The van der Waals surface area contributed by atoms with Crippen LogP contribution >= 0.6 is 11.6 Å². The highest BCUT2D eigenvalue weighted by Crippen LogP contribution is 2.37. The normalized spacial score (nSPS) is 16.0. The summed E-state index contributed by atoms with van der Waals surface area (Å²) in [5.74, 6) is 3.77. The van der Waals surface area contributed by atoms with Gasteiger partial charge in [0.1, 0.15) is 28.6 Å². The number of nitrogens with zero attached hydrogens (tertiary/aromatic N) is 1. The number of hydrogen-bond donors (Lipinski definition) is 1. The molecule has 2 atom stereocenters. The molecule has 5 rings (SSSR count). The topological polar surface area (TPSA) is 86.7 Å². The van der Waals surface area contributed by atoms with Gasteiger partial charge in [0.15, 0.2) is 0 Å². The quantitative estimate of drug-likeness (QED) is 0.126. The zero-order chi connectivity index (χ0) is 34.5. The number of amides is 1. The molecular weight excluding hydrogens is 630 g/mol. The summed E-state index contributed by atoms with van der Waals surface area (Å²) >= 11 is 5.90. The van der Waals surface area contributed by atoms with E-state index < -0.39 is 11.7 Å². The molecule has 0 saturated carbocycles. The highest BCUT2D eigenvalue weighted by Gasteiger charge is 2.33. The summed E-state index contributed by atoms with van der Waals surface area (Å²) < 4.78 is 27.7. The lowest BCUT2D eigenvalue weighted by atomic mass is 9.87. The number of carbonyl (C=O) groups is 1. The van der Waals surface area contributed by atoms with E-state index in [-0.39, 0.29) is 18.6 Å². The standard InChI is InChI=1S/C26H35NO5.C13H13ClO2/c1-26(2,3)32-25(29)27-16-15-23(24(28)19-27)20-11-13-22(14-12-20)31-18-8-7-17-30-21-9-5-4-6-10-21;1-15-12-7-9(8-14)13(16-2)11-6-4-3-5-10(11)12/h4-6,9-14,23-24,28H,7-8,15-19H2,1-3H3;3-7H,8H2,1-2H3. The van der Waals surface area contributed by atoms with E-state index in [0.717, 1.165) is 57.7 Å². The molecule has 4 aromatic carbocycles. The van der Waals surface area contributed by atoms with E-state index in [1.54, 1.807) is 19.1 Å². The lowest BCUT2D eigenvalue weighted by Gasteiger charge is -2.36. The van der Waals surface area contributed by atoms with Gasteiger partial charge in [-0.05, 0) is 75.9 Å². The number of aliphatic hydroxyl groups excluding tert-OH is 1. The Bertz CT molecular complexity index is 1570. The Morgan fingerprint density at radius 2 is 1.46 bits per heavy atom. The molecule has 48 heavy (non-hydrogen) atoms. The summed E-state index contributed by atoms with van der Waals surface area (Å²) in [6, 6.07) is 27.6. The molecule has 2 unspecified atom stereocenters. The van der Waals surface area contributed by atoms with E-state index in [2.05, 4.69) is 0 Å². The molecule has 1 saturated heterocycles. The average molecular weight is 678 g/mol. The molecule has 9 heteroatoms. The monoisotopic (exact) mass is 677 g/mol. The number of hydrogen-bond acceptors (Lipinski definition) is 7. The van der Waals surface area contributed by atoms with Crippen LogP contribution in [-0.4, -0.2) is 68.3 Å². The summed E-state index contributed by atoms with van der Waals surface area (Å²) in [6.07, 6.45) is 1.55. The molecule has 0 spiro atoms. The molecule has 0 aliphatic carbocycles. The molecular formula is C39H48ClNO7. The van der Waals surface area contributed by atoms with Crippen LogP contribution in [0.1, 0.15) is 57.1 Å². The van der Waals surface area contributed by atoms with Crippen molar-refractivity contribution < 1.29 is 33.6 Å². The number of carbonyl (C=O) groups excluding carboxylic acids is 1. The number of unbranched alkanes of at least 4 members (excludes halogenated alkanes) is 1. The first kappa shape index (κ1) is 36.7. The van der Waals surface area contributed by atoms with Crippen LogP contribution in [0.2, 0.25) is 0 Å². The maximum absolute atomic E-state index is 12.3. The second-order valence-corrected chi connectivity index (χ2v) is 12.9. The number of para-hydroxylation sites is 1. The molecule has 1 heterocycles. The second-order valence-electron chi connectivity index (χ2n) is 12.6. The third kappa shape index (κ3) is 10.4. The summed E-state index contributed by atoms with van der Waals surface area (Å²) in [5, 5.41) is 12.7. The van der Waals surface area contributed by atoms with Crippen molar-refractivity contribution in [1.29, 1.82) is 0 Å². The molecule has 1 amide bonds. The van der Waals surface area contributed by atoms with Crippen molar-refractivity contribution in [2.24, 2.45) is 0 Å². The Morgan fingerprint density at radius 3 is 2.02 bits per heavy atom. The number of methoxy groups -OCH3 is 2. The average Bonchev–Trinajstić information content (AvgIpc) is 3.09. The van der Waals surface area contributed by atoms with Gasteiger partial charge in [-0.25, -0.2) is 4.79 Å². The van der Waals surface area contributed by atoms with Crippen molar-refractivity contribution in [2.45, 2.75) is 63.5 Å². The predicted molar refractivity (Wildman–Crippen MR) is 191 cm³/mol. The van der Waals surface area contributed by atoms with Crippen LogP contribution in [0, 0.1) is 0 Å². The Balaban J connectivity index is 0.000000271. The van der Waals surface area contributed by atoms with Gasteiger partial charge in [-0.15, -0.1) is 11.6 Å². The van der Waals surface area contributed by atoms with Gasteiger partial charge in [-0.1, -0.05) is 54.6 Å². The highest BCUT2D eigenvalue weighted by molar-refractivity contribution is 6.17. The minimum absolute atomic E-state index is 0.00197. The Kier molecular flexibility index (Phi) is 13.6. The number of piperidine rings is 1. The van der Waals surface area contributed by atoms with E-state index in [1.807, 2.05) is 106 Å². The highest BCUT2D eigenvalue weighted by atomic mass is 35.5. The molecule has 1 aliphatic heterocycles. The summed E-state index contributed by atoms with van der Waals surface area (Å²) in [4.78, 5) is 13.8. The maximum Gasteiger partial charge on any atom is 0.410 e. The van der Waals surface area contributed by atoms with E-state index >= 15 is 0 Å². The van der Waals surface area contributed by atoms with E-state index in [9.17, 15) is 9.90 Å². The van der Waals surface area contributed by atoms with Gasteiger partial charge in [0.2, 0.25) is 0 Å². The van der Waals surface area contributed by atoms with Crippen LogP contribution in [0.4, 0.5) is 4.79 Å². The number of alkyl halides is 1. The number of ether oxygens (including phenoxy) is 5. The number of likely N-dealkylation sites (tertiary alicyclic amines) is 1. The van der Waals surface area contributed by atoms with Crippen LogP contribution in [0.25, 0.3) is 10.8 Å². The van der Waals surface area contributed by atoms with Crippen LogP contribution in [-0.2, 0) is 10.6 Å². The molecule has 0 radical (unpaired) electrons. The maximum atomic E-state index is 12.3. The largest absolute Gasteiger partial charge is 0.496 e. The fourth-order valence-electron chi connectivity index (χ4n) is 5.60. The van der Waals surface area contributed by atoms with E-state index in [0.29, 0.717) is 32.1 Å². The lowest BCUT2D eigenvalue weighted by molar-refractivity contribution is -0.00152. The summed E-state index contributed by atoms with van der Waals surface area (Å²) in [7, 11) is 3.32. The van der Waals surface area contributed by atoms with E-state index in [1.165, 1.54) is 0 Å². The van der Waals surface area contributed by atoms with E-state index in [4.69, 9.17) is 35.3 Å². The number of fused-ring (bicyclic) bond motifs is 1. The molecule has 1 aliphatic rings. The molecule has 258 valence electrons. The molecule has 1 N–H and O–H groups in total. The predicted octanol–water partition coefficient (Wildman–Crippen LogP) is 8.61. The SMILES string of the molecule is CC(C)(C)OC(=O)N1CCC(c2ccc(OCCCCOc3ccccc3)cc2)C(O)C1.COc1cc(CCl)c(OC)c2ccccc12. The molecule has 4 aromatic rings. The Hall–Kier alpha value is -4.14. The van der Waals surface area contributed by atoms with Gasteiger partial charge in [0.05, 0.1) is 46.0 Å². The third-order valence-corrected chi connectivity index (χ3v) is 8.25. The van der Waals surface area contributed by atoms with Gasteiger partial charge in [0.25, 0.3) is 0 Å². The van der Waals surface area contributed by atoms with Gasteiger partial charge in [0, 0.05) is 28.8 Å². The van der Waals surface area contributed by atoms with Crippen LogP contribution in [0.5, 0.6) is 23.0 Å². The van der Waals surface area contributed by atoms with Crippen molar-refractivity contribution in [2.75, 3.05) is 40.5 Å². The summed E-state index contributed by atoms with van der Waals surface area (Å²) in [5.41, 5.74) is 1.47. The first-order chi connectivity index (χ1) is 23.1. The minimum Gasteiger partial charge on any atom is -0.496 e. The van der Waals surface area contributed by atoms with Gasteiger partial charge < -0.3 is 33.7 Å². The van der Waals surface area contributed by atoms with Crippen LogP contribution in [0.15, 0.2) is 84.9 Å². The van der Waals surface area contributed by atoms with Crippen LogP contribution in [0.3, 0.4) is 0 Å². The van der Waals surface area contributed by atoms with Gasteiger partial charge in [-0.3, -0.25) is 0 Å². The number of β-amino-alcohol motifs (C(OH)–C–C–N with tert-alkyl or cyclic N) is 1. The van der Waals surface area contributed by atoms with Gasteiger partial charge >= 0.3 is 6.09 Å². The minimum atomic E-state index is -0.618. The van der Waals surface area contributed by atoms with Crippen LogP contribution < -0.4 is 18.9 Å².